The van der Waals surface area contributed by atoms with Crippen LogP contribution in [0.2, 0.25) is 0 Å². The molecule has 0 saturated heterocycles. The summed E-state index contributed by atoms with van der Waals surface area (Å²) in [5.41, 5.74) is 2.23. The average Bonchev–Trinajstić information content (AvgIpc) is 3.10. The lowest BCUT2D eigenvalue weighted by Crippen LogP contribution is -2.41. The van der Waals surface area contributed by atoms with Crippen LogP contribution in [0.25, 0.3) is 0 Å². The Kier molecular flexibility index (Phi) is 2.86. The summed E-state index contributed by atoms with van der Waals surface area (Å²) >= 11 is 0. The highest BCUT2D eigenvalue weighted by Gasteiger charge is 2.42. The van der Waals surface area contributed by atoms with Gasteiger partial charge in [-0.25, -0.2) is 0 Å². The van der Waals surface area contributed by atoms with E-state index in [-0.39, 0.29) is 17.4 Å². The third-order valence-electron chi connectivity index (χ3n) is 5.14. The third kappa shape index (κ3) is 1.95. The van der Waals surface area contributed by atoms with Crippen LogP contribution in [0.15, 0.2) is 30.6 Å². The van der Waals surface area contributed by atoms with Gasteiger partial charge in [0.15, 0.2) is 5.82 Å². The molecule has 1 saturated carbocycles. The van der Waals surface area contributed by atoms with Crippen molar-refractivity contribution >= 4 is 5.91 Å². The van der Waals surface area contributed by atoms with Gasteiger partial charge in [0.25, 0.3) is 5.91 Å². The van der Waals surface area contributed by atoms with Crippen molar-refractivity contribution in [1.29, 1.82) is 0 Å². The predicted octanol–water partition coefficient (Wildman–Crippen LogP) is 2.55. The number of fused-ring (bicyclic) bond motifs is 1. The van der Waals surface area contributed by atoms with Crippen molar-refractivity contribution in [3.05, 3.63) is 47.5 Å². The zero-order valence-electron chi connectivity index (χ0n) is 13.0. The van der Waals surface area contributed by atoms with Gasteiger partial charge in [0.1, 0.15) is 6.33 Å². The number of carbonyl (C=O) groups excluding carboxylic acids is 1. The summed E-state index contributed by atoms with van der Waals surface area (Å²) in [5.74, 6) is 0.986. The van der Waals surface area contributed by atoms with E-state index >= 15 is 0 Å². The summed E-state index contributed by atoms with van der Waals surface area (Å²) in [4.78, 5) is 15.0. The molecule has 2 aromatic rings. The molecular weight excluding hydrogens is 276 g/mol. The van der Waals surface area contributed by atoms with E-state index in [0.717, 1.165) is 17.9 Å². The van der Waals surface area contributed by atoms with Crippen molar-refractivity contribution < 1.29 is 4.79 Å². The smallest absolute Gasteiger partial charge is 0.254 e. The molecule has 2 heterocycles. The summed E-state index contributed by atoms with van der Waals surface area (Å²) in [6.07, 6.45) is 4.08. The molecule has 2 aliphatic rings. The van der Waals surface area contributed by atoms with Gasteiger partial charge in [-0.05, 0) is 36.8 Å². The molecule has 114 valence electrons. The van der Waals surface area contributed by atoms with E-state index in [1.807, 2.05) is 34.6 Å². The van der Waals surface area contributed by atoms with E-state index in [0.29, 0.717) is 6.54 Å². The fourth-order valence-electron chi connectivity index (χ4n) is 3.39. The first-order valence-corrected chi connectivity index (χ1v) is 7.88. The van der Waals surface area contributed by atoms with Gasteiger partial charge in [-0.3, -0.25) is 4.79 Å². The number of benzene rings is 1. The standard InChI is InChI=1S/C17H20N4O/c1-12-15-19-18-11-20(15)9-10-21(12)16(22)13-5-3-4-6-14(13)17(2)7-8-17/h3-6,11-12H,7-10H2,1-2H3. The minimum atomic E-state index is -0.0381. The molecule has 1 aromatic heterocycles. The summed E-state index contributed by atoms with van der Waals surface area (Å²) in [7, 11) is 0. The maximum Gasteiger partial charge on any atom is 0.254 e. The molecule has 1 amide bonds. The molecule has 1 unspecified atom stereocenters. The summed E-state index contributed by atoms with van der Waals surface area (Å²) < 4.78 is 2.03. The van der Waals surface area contributed by atoms with Gasteiger partial charge in [-0.15, -0.1) is 10.2 Å². The van der Waals surface area contributed by atoms with Crippen molar-refractivity contribution in [2.75, 3.05) is 6.54 Å². The fraction of sp³-hybridized carbons (Fsp3) is 0.471. The van der Waals surface area contributed by atoms with Gasteiger partial charge >= 0.3 is 0 Å². The second-order valence-electron chi connectivity index (χ2n) is 6.66. The zero-order chi connectivity index (χ0) is 15.3. The zero-order valence-corrected chi connectivity index (χ0v) is 13.0. The number of rotatable bonds is 2. The van der Waals surface area contributed by atoms with E-state index < -0.39 is 0 Å². The molecule has 5 nitrogen and oxygen atoms in total. The van der Waals surface area contributed by atoms with Gasteiger partial charge < -0.3 is 9.47 Å². The predicted molar refractivity (Wildman–Crippen MR) is 82.5 cm³/mol. The van der Waals surface area contributed by atoms with Crippen LogP contribution in [0, 0.1) is 0 Å². The molecule has 22 heavy (non-hydrogen) atoms. The monoisotopic (exact) mass is 296 g/mol. The van der Waals surface area contributed by atoms with Crippen LogP contribution < -0.4 is 0 Å². The van der Waals surface area contributed by atoms with E-state index in [2.05, 4.69) is 23.2 Å². The SMILES string of the molecule is CC1c2nncn2CCN1C(=O)c1ccccc1C1(C)CC1. The van der Waals surface area contributed by atoms with Gasteiger partial charge in [0.05, 0.1) is 6.04 Å². The molecule has 1 fully saturated rings. The Balaban J connectivity index is 1.69. The summed E-state index contributed by atoms with van der Waals surface area (Å²) in [6.45, 7) is 5.74. The van der Waals surface area contributed by atoms with Crippen LogP contribution in [-0.2, 0) is 12.0 Å². The molecule has 4 rings (SSSR count). The third-order valence-corrected chi connectivity index (χ3v) is 5.14. The van der Waals surface area contributed by atoms with Crippen molar-refractivity contribution in [1.82, 2.24) is 19.7 Å². The molecule has 1 atom stereocenters. The number of carbonyl (C=O) groups is 1. The van der Waals surface area contributed by atoms with Crippen LogP contribution in [0.4, 0.5) is 0 Å². The van der Waals surface area contributed by atoms with Crippen LogP contribution >= 0.6 is 0 Å². The first kappa shape index (κ1) is 13.5. The van der Waals surface area contributed by atoms with Crippen LogP contribution in [-0.4, -0.2) is 32.1 Å². The molecular formula is C17H20N4O. The van der Waals surface area contributed by atoms with Gasteiger partial charge in [0.2, 0.25) is 0 Å². The highest BCUT2D eigenvalue weighted by Crippen LogP contribution is 2.49. The number of hydrogen-bond donors (Lipinski definition) is 0. The van der Waals surface area contributed by atoms with E-state index in [9.17, 15) is 4.79 Å². The van der Waals surface area contributed by atoms with Crippen LogP contribution in [0.1, 0.15) is 54.5 Å². The highest BCUT2D eigenvalue weighted by atomic mass is 16.2. The lowest BCUT2D eigenvalue weighted by atomic mass is 9.92. The largest absolute Gasteiger partial charge is 0.327 e. The topological polar surface area (TPSA) is 51.0 Å². The van der Waals surface area contributed by atoms with Crippen LogP contribution in [0.5, 0.6) is 0 Å². The minimum absolute atomic E-state index is 0.0381. The van der Waals surface area contributed by atoms with E-state index in [4.69, 9.17) is 0 Å². The number of amides is 1. The minimum Gasteiger partial charge on any atom is -0.327 e. The molecule has 1 aromatic carbocycles. The molecule has 0 spiro atoms. The molecule has 0 N–H and O–H groups in total. The maximum atomic E-state index is 13.1. The molecule has 1 aliphatic heterocycles. The Morgan fingerprint density at radius 2 is 2.05 bits per heavy atom. The van der Waals surface area contributed by atoms with Crippen molar-refractivity contribution in [2.45, 2.75) is 44.7 Å². The fourth-order valence-corrected chi connectivity index (χ4v) is 3.39. The molecule has 1 aliphatic carbocycles. The molecule has 5 heteroatoms. The number of nitrogens with zero attached hydrogens (tertiary/aromatic N) is 4. The van der Waals surface area contributed by atoms with Crippen molar-refractivity contribution in [3.8, 4) is 0 Å². The maximum absolute atomic E-state index is 13.1. The van der Waals surface area contributed by atoms with Gasteiger partial charge in [-0.2, -0.15) is 0 Å². The first-order chi connectivity index (χ1) is 10.6. The highest BCUT2D eigenvalue weighted by molar-refractivity contribution is 5.96. The second kappa shape index (κ2) is 4.66. The number of hydrogen-bond acceptors (Lipinski definition) is 3. The number of aromatic nitrogens is 3. The summed E-state index contributed by atoms with van der Waals surface area (Å²) in [5, 5.41) is 8.13. The lowest BCUT2D eigenvalue weighted by molar-refractivity contribution is 0.0636. The second-order valence-corrected chi connectivity index (χ2v) is 6.66. The summed E-state index contributed by atoms with van der Waals surface area (Å²) in [6, 6.07) is 8.03. The normalized spacial score (nSPS) is 22.3. The average molecular weight is 296 g/mol. The first-order valence-electron chi connectivity index (χ1n) is 7.88. The Hall–Kier alpha value is -2.17. The Morgan fingerprint density at radius 3 is 2.82 bits per heavy atom. The quantitative estimate of drug-likeness (QED) is 0.855. The van der Waals surface area contributed by atoms with E-state index in [1.54, 1.807) is 6.33 Å². The Labute approximate surface area is 130 Å². The molecule has 0 bridgehead atoms. The van der Waals surface area contributed by atoms with Crippen molar-refractivity contribution in [2.24, 2.45) is 0 Å². The van der Waals surface area contributed by atoms with Crippen molar-refractivity contribution in [3.63, 3.8) is 0 Å². The van der Waals surface area contributed by atoms with Gasteiger partial charge in [0, 0.05) is 18.7 Å². The molecule has 0 radical (unpaired) electrons. The Bertz CT molecular complexity index is 732. The Morgan fingerprint density at radius 1 is 1.27 bits per heavy atom. The van der Waals surface area contributed by atoms with Gasteiger partial charge in [-0.1, -0.05) is 25.1 Å². The van der Waals surface area contributed by atoms with Crippen LogP contribution in [0.3, 0.4) is 0 Å². The van der Waals surface area contributed by atoms with E-state index in [1.165, 1.54) is 18.4 Å². The lowest BCUT2D eigenvalue weighted by Gasteiger charge is -2.34.